The van der Waals surface area contributed by atoms with E-state index in [1.807, 2.05) is 0 Å². The van der Waals surface area contributed by atoms with Crippen LogP contribution in [-0.2, 0) is 14.9 Å². The topological polar surface area (TPSA) is 81.5 Å². The molecule has 9 heteroatoms. The molecule has 124 valence electrons. The van der Waals surface area contributed by atoms with Gasteiger partial charge in [-0.15, -0.1) is 0 Å². The van der Waals surface area contributed by atoms with Gasteiger partial charge in [0.1, 0.15) is 5.69 Å². The maximum Gasteiger partial charge on any atom is 0.375 e. The molecule has 0 radical (unpaired) electrons. The van der Waals surface area contributed by atoms with Crippen molar-refractivity contribution in [1.29, 1.82) is 0 Å². The second-order valence-electron chi connectivity index (χ2n) is 4.72. The quantitative estimate of drug-likeness (QED) is 0.765. The van der Waals surface area contributed by atoms with Gasteiger partial charge in [0.25, 0.3) is 0 Å². The van der Waals surface area contributed by atoms with Crippen LogP contribution in [0.2, 0.25) is 5.15 Å². The van der Waals surface area contributed by atoms with Gasteiger partial charge in [0, 0.05) is 19.7 Å². The van der Waals surface area contributed by atoms with Crippen LogP contribution in [0.25, 0.3) is 11.3 Å². The number of imidazole rings is 1. The van der Waals surface area contributed by atoms with E-state index in [9.17, 15) is 13.2 Å². The average Bonchev–Trinajstić information content (AvgIpc) is 2.86. The highest BCUT2D eigenvalue weighted by Gasteiger charge is 2.32. The van der Waals surface area contributed by atoms with E-state index in [1.54, 1.807) is 37.3 Å². The Kier molecular flexibility index (Phi) is 5.08. The number of esters is 1. The number of carbonyl (C=O) groups excluding carboxylic acids is 1. The molecule has 1 heterocycles. The first-order chi connectivity index (χ1) is 10.8. The summed E-state index contributed by atoms with van der Waals surface area (Å²) in [7, 11) is -1.32. The fraction of sp³-hybridized carbons (Fsp3) is 0.286. The third kappa shape index (κ3) is 3.24. The third-order valence-corrected chi connectivity index (χ3v) is 5.00. The highest BCUT2D eigenvalue weighted by Crippen LogP contribution is 2.31. The van der Waals surface area contributed by atoms with E-state index < -0.39 is 16.2 Å². The molecule has 0 atom stereocenters. The number of benzene rings is 1. The summed E-state index contributed by atoms with van der Waals surface area (Å²) in [5, 5.41) is -0.0929. The van der Waals surface area contributed by atoms with Gasteiger partial charge in [0.05, 0.1) is 6.61 Å². The maximum atomic E-state index is 12.7. The van der Waals surface area contributed by atoms with E-state index >= 15 is 0 Å². The van der Waals surface area contributed by atoms with E-state index in [1.165, 1.54) is 14.1 Å². The normalized spacial score (nSPS) is 11.7. The van der Waals surface area contributed by atoms with Crippen molar-refractivity contribution in [3.05, 3.63) is 41.3 Å². The zero-order valence-corrected chi connectivity index (χ0v) is 14.4. The molecule has 0 bridgehead atoms. The van der Waals surface area contributed by atoms with Crippen LogP contribution in [0.3, 0.4) is 0 Å². The Morgan fingerprint density at radius 3 is 2.43 bits per heavy atom. The molecule has 0 amide bonds. The van der Waals surface area contributed by atoms with Crippen LogP contribution in [0.4, 0.5) is 0 Å². The summed E-state index contributed by atoms with van der Waals surface area (Å²) in [6.07, 6.45) is 0. The Morgan fingerprint density at radius 1 is 1.30 bits per heavy atom. The molecule has 23 heavy (non-hydrogen) atoms. The number of hydrogen-bond acceptors (Lipinski definition) is 5. The van der Waals surface area contributed by atoms with Gasteiger partial charge in [0.15, 0.2) is 5.15 Å². The van der Waals surface area contributed by atoms with Crippen molar-refractivity contribution in [2.75, 3.05) is 20.7 Å². The standard InChI is InChI=1S/C14H16ClN3O4S/c1-4-22-14(19)13-16-12(15)11(10-8-6-5-7-9-10)18(13)23(20,21)17(2)3/h5-9H,4H2,1-3H3. The summed E-state index contributed by atoms with van der Waals surface area (Å²) in [6, 6.07) is 8.61. The highest BCUT2D eigenvalue weighted by atomic mass is 35.5. The molecule has 0 aliphatic heterocycles. The molecular weight excluding hydrogens is 342 g/mol. The molecule has 0 aliphatic rings. The zero-order chi connectivity index (χ0) is 17.2. The molecule has 0 fully saturated rings. The summed E-state index contributed by atoms with van der Waals surface area (Å²) in [5.74, 6) is -1.24. The predicted octanol–water partition coefficient (Wildman–Crippen LogP) is 2.03. The van der Waals surface area contributed by atoms with Crippen molar-refractivity contribution < 1.29 is 17.9 Å². The number of hydrogen-bond donors (Lipinski definition) is 0. The van der Waals surface area contributed by atoms with Gasteiger partial charge in [-0.1, -0.05) is 41.9 Å². The molecule has 0 N–H and O–H groups in total. The molecule has 0 spiro atoms. The van der Waals surface area contributed by atoms with Crippen molar-refractivity contribution in [1.82, 2.24) is 13.3 Å². The maximum absolute atomic E-state index is 12.7. The van der Waals surface area contributed by atoms with Gasteiger partial charge in [-0.05, 0) is 6.92 Å². The largest absolute Gasteiger partial charge is 0.460 e. The summed E-state index contributed by atoms with van der Waals surface area (Å²) in [6.45, 7) is 1.71. The Hall–Kier alpha value is -1.90. The second-order valence-corrected chi connectivity index (χ2v) is 7.07. The second kappa shape index (κ2) is 6.69. The molecule has 7 nitrogen and oxygen atoms in total. The lowest BCUT2D eigenvalue weighted by atomic mass is 10.2. The molecule has 0 unspecified atom stereocenters. The molecule has 0 aliphatic carbocycles. The van der Waals surface area contributed by atoms with Crippen molar-refractivity contribution in [2.24, 2.45) is 0 Å². The Balaban J connectivity index is 2.80. The Morgan fingerprint density at radius 2 is 1.91 bits per heavy atom. The molecule has 1 aromatic carbocycles. The Labute approximate surface area is 139 Å². The van der Waals surface area contributed by atoms with Crippen LogP contribution < -0.4 is 0 Å². The van der Waals surface area contributed by atoms with Crippen LogP contribution in [0.5, 0.6) is 0 Å². The third-order valence-electron chi connectivity index (χ3n) is 2.99. The highest BCUT2D eigenvalue weighted by molar-refractivity contribution is 7.87. The Bertz CT molecular complexity index is 816. The first kappa shape index (κ1) is 17.5. The molecule has 2 rings (SSSR count). The lowest BCUT2D eigenvalue weighted by molar-refractivity contribution is 0.0511. The summed E-state index contributed by atoms with van der Waals surface area (Å²) >= 11 is 6.12. The predicted molar refractivity (Wildman–Crippen MR) is 86.6 cm³/mol. The van der Waals surface area contributed by atoms with Crippen molar-refractivity contribution in [3.8, 4) is 11.3 Å². The van der Waals surface area contributed by atoms with E-state index in [4.69, 9.17) is 16.3 Å². The number of ether oxygens (including phenoxy) is 1. The lowest BCUT2D eigenvalue weighted by Gasteiger charge is -2.16. The van der Waals surface area contributed by atoms with E-state index in [-0.39, 0.29) is 23.3 Å². The average molecular weight is 358 g/mol. The number of halogens is 1. The molecule has 0 saturated carbocycles. The van der Waals surface area contributed by atoms with E-state index in [0.29, 0.717) is 5.56 Å². The van der Waals surface area contributed by atoms with Crippen LogP contribution in [0.15, 0.2) is 30.3 Å². The number of rotatable bonds is 5. The van der Waals surface area contributed by atoms with Gasteiger partial charge in [-0.2, -0.15) is 16.7 Å². The van der Waals surface area contributed by atoms with Crippen molar-refractivity contribution in [2.45, 2.75) is 6.92 Å². The molecular formula is C14H16ClN3O4S. The minimum Gasteiger partial charge on any atom is -0.460 e. The monoisotopic (exact) mass is 357 g/mol. The number of carbonyl (C=O) groups is 1. The van der Waals surface area contributed by atoms with Crippen LogP contribution >= 0.6 is 11.6 Å². The smallest absolute Gasteiger partial charge is 0.375 e. The summed E-state index contributed by atoms with van der Waals surface area (Å²) < 4.78 is 32.0. The van der Waals surface area contributed by atoms with Crippen molar-refractivity contribution in [3.63, 3.8) is 0 Å². The molecule has 1 aromatic heterocycles. The van der Waals surface area contributed by atoms with E-state index in [2.05, 4.69) is 4.98 Å². The molecule has 2 aromatic rings. The van der Waals surface area contributed by atoms with Crippen LogP contribution in [0, 0.1) is 0 Å². The van der Waals surface area contributed by atoms with Gasteiger partial charge >= 0.3 is 16.2 Å². The molecule has 0 saturated heterocycles. The van der Waals surface area contributed by atoms with Crippen molar-refractivity contribution >= 4 is 27.8 Å². The van der Waals surface area contributed by atoms with Gasteiger partial charge in [0.2, 0.25) is 5.82 Å². The van der Waals surface area contributed by atoms with Gasteiger partial charge < -0.3 is 4.74 Å². The SMILES string of the molecule is CCOC(=O)c1nc(Cl)c(-c2ccccc2)n1S(=O)(=O)N(C)C. The number of nitrogens with zero attached hydrogens (tertiary/aromatic N) is 3. The fourth-order valence-electron chi connectivity index (χ4n) is 1.93. The summed E-state index contributed by atoms with van der Waals surface area (Å²) in [5.41, 5.74) is 0.634. The summed E-state index contributed by atoms with van der Waals surface area (Å²) in [4.78, 5) is 16.0. The zero-order valence-electron chi connectivity index (χ0n) is 12.9. The minimum absolute atomic E-state index is 0.0893. The van der Waals surface area contributed by atoms with Crippen LogP contribution in [0.1, 0.15) is 17.5 Å². The fourth-order valence-corrected chi connectivity index (χ4v) is 3.33. The number of aromatic nitrogens is 2. The van der Waals surface area contributed by atoms with Gasteiger partial charge in [-0.25, -0.2) is 9.78 Å². The minimum atomic E-state index is -4.03. The first-order valence-corrected chi connectivity index (χ1v) is 8.52. The van der Waals surface area contributed by atoms with E-state index in [0.717, 1.165) is 8.28 Å². The lowest BCUT2D eigenvalue weighted by Crippen LogP contribution is -2.32. The van der Waals surface area contributed by atoms with Crippen LogP contribution in [-0.4, -0.2) is 48.4 Å². The first-order valence-electron chi connectivity index (χ1n) is 6.74. The van der Waals surface area contributed by atoms with Gasteiger partial charge in [-0.3, -0.25) is 0 Å².